The van der Waals surface area contributed by atoms with Crippen LogP contribution in [-0.2, 0) is 0 Å². The SMILES string of the molecule is CCC(c1cc(C)c(OC)c(OC)c1)[C@@H](C)c1cc(C)c(O)c(OC)c1. The Kier molecular flexibility index (Phi) is 6.41. The highest BCUT2D eigenvalue weighted by Crippen LogP contribution is 2.43. The fraction of sp³-hybridized carbons (Fsp3) is 0.455. The van der Waals surface area contributed by atoms with Gasteiger partial charge in [-0.05, 0) is 66.5 Å². The Morgan fingerprint density at radius 3 is 1.96 bits per heavy atom. The van der Waals surface area contributed by atoms with E-state index in [1.165, 1.54) is 5.56 Å². The molecule has 2 rings (SSSR count). The largest absolute Gasteiger partial charge is 0.504 e. The van der Waals surface area contributed by atoms with E-state index in [0.29, 0.717) is 11.7 Å². The van der Waals surface area contributed by atoms with Gasteiger partial charge < -0.3 is 19.3 Å². The van der Waals surface area contributed by atoms with Crippen LogP contribution >= 0.6 is 0 Å². The smallest absolute Gasteiger partial charge is 0.163 e. The fourth-order valence-electron chi connectivity index (χ4n) is 3.70. The zero-order valence-electron chi connectivity index (χ0n) is 16.8. The molecule has 2 aromatic rings. The van der Waals surface area contributed by atoms with Crippen molar-refractivity contribution in [3.63, 3.8) is 0 Å². The molecule has 142 valence electrons. The number of aryl methyl sites for hydroxylation is 2. The Morgan fingerprint density at radius 1 is 0.846 bits per heavy atom. The maximum atomic E-state index is 10.1. The van der Waals surface area contributed by atoms with E-state index in [1.807, 2.05) is 26.0 Å². The van der Waals surface area contributed by atoms with Crippen molar-refractivity contribution in [3.8, 4) is 23.0 Å². The number of ether oxygens (including phenoxy) is 3. The quantitative estimate of drug-likeness (QED) is 0.726. The number of rotatable bonds is 7. The van der Waals surface area contributed by atoms with E-state index in [0.717, 1.165) is 34.6 Å². The van der Waals surface area contributed by atoms with Crippen molar-refractivity contribution < 1.29 is 19.3 Å². The molecule has 2 atom stereocenters. The monoisotopic (exact) mass is 358 g/mol. The summed E-state index contributed by atoms with van der Waals surface area (Å²) in [5.41, 5.74) is 4.26. The van der Waals surface area contributed by atoms with Gasteiger partial charge in [0.1, 0.15) is 0 Å². The summed E-state index contributed by atoms with van der Waals surface area (Å²) >= 11 is 0. The zero-order chi connectivity index (χ0) is 19.4. The summed E-state index contributed by atoms with van der Waals surface area (Å²) in [6, 6.07) is 8.22. The standard InChI is InChI=1S/C22H30O4/c1-8-18(17-10-14(3)22(26-7)20(12-17)25-6)15(4)16-9-13(2)21(23)19(11-16)24-5/h9-12,15,18,23H,8H2,1-7H3/t15-,18?/m0/s1. The van der Waals surface area contributed by atoms with Gasteiger partial charge in [-0.1, -0.05) is 26.0 Å². The zero-order valence-corrected chi connectivity index (χ0v) is 16.8. The first-order valence-corrected chi connectivity index (χ1v) is 8.97. The molecule has 0 aliphatic carbocycles. The Labute approximate surface area is 156 Å². The average molecular weight is 358 g/mol. The summed E-state index contributed by atoms with van der Waals surface area (Å²) in [5, 5.41) is 10.1. The van der Waals surface area contributed by atoms with Crippen LogP contribution in [0.5, 0.6) is 23.0 Å². The maximum absolute atomic E-state index is 10.1. The number of phenolic OH excluding ortho intramolecular Hbond substituents is 1. The van der Waals surface area contributed by atoms with Gasteiger partial charge in [0.05, 0.1) is 21.3 Å². The topological polar surface area (TPSA) is 47.9 Å². The lowest BCUT2D eigenvalue weighted by Gasteiger charge is -2.26. The number of phenols is 1. The Balaban J connectivity index is 2.48. The van der Waals surface area contributed by atoms with Crippen LogP contribution in [-0.4, -0.2) is 26.4 Å². The predicted molar refractivity (Wildman–Crippen MR) is 105 cm³/mol. The summed E-state index contributed by atoms with van der Waals surface area (Å²) in [6.07, 6.45) is 0.984. The molecule has 0 aromatic heterocycles. The van der Waals surface area contributed by atoms with E-state index >= 15 is 0 Å². The van der Waals surface area contributed by atoms with Crippen LogP contribution in [0.2, 0.25) is 0 Å². The van der Waals surface area contributed by atoms with Gasteiger partial charge in [0.15, 0.2) is 23.0 Å². The molecular formula is C22H30O4. The number of hydrogen-bond donors (Lipinski definition) is 1. The minimum absolute atomic E-state index is 0.207. The van der Waals surface area contributed by atoms with Gasteiger partial charge in [-0.3, -0.25) is 0 Å². The van der Waals surface area contributed by atoms with Crippen molar-refractivity contribution in [2.45, 2.75) is 46.0 Å². The molecule has 0 fully saturated rings. The molecule has 0 radical (unpaired) electrons. The van der Waals surface area contributed by atoms with Crippen LogP contribution in [0, 0.1) is 13.8 Å². The third-order valence-corrected chi connectivity index (χ3v) is 5.19. The van der Waals surface area contributed by atoms with Crippen molar-refractivity contribution in [3.05, 3.63) is 46.5 Å². The summed E-state index contributed by atoms with van der Waals surface area (Å²) in [4.78, 5) is 0. The molecule has 1 unspecified atom stereocenters. The first-order chi connectivity index (χ1) is 12.4. The second kappa shape index (κ2) is 8.35. The highest BCUT2D eigenvalue weighted by Gasteiger charge is 2.23. The molecule has 2 aromatic carbocycles. The van der Waals surface area contributed by atoms with Gasteiger partial charge in [-0.15, -0.1) is 0 Å². The van der Waals surface area contributed by atoms with E-state index in [4.69, 9.17) is 14.2 Å². The highest BCUT2D eigenvalue weighted by atomic mass is 16.5. The van der Waals surface area contributed by atoms with Crippen molar-refractivity contribution in [1.82, 2.24) is 0 Å². The second-order valence-electron chi connectivity index (χ2n) is 6.77. The highest BCUT2D eigenvalue weighted by molar-refractivity contribution is 5.52. The van der Waals surface area contributed by atoms with Crippen LogP contribution in [0.15, 0.2) is 24.3 Å². The first kappa shape index (κ1) is 20.0. The molecule has 4 heteroatoms. The van der Waals surface area contributed by atoms with Gasteiger partial charge in [0, 0.05) is 0 Å². The van der Waals surface area contributed by atoms with Gasteiger partial charge in [0.25, 0.3) is 0 Å². The van der Waals surface area contributed by atoms with Crippen LogP contribution in [0.4, 0.5) is 0 Å². The summed E-state index contributed by atoms with van der Waals surface area (Å²) in [7, 11) is 4.91. The summed E-state index contributed by atoms with van der Waals surface area (Å²) < 4.78 is 16.3. The fourth-order valence-corrected chi connectivity index (χ4v) is 3.70. The minimum atomic E-state index is 0.207. The molecular weight excluding hydrogens is 328 g/mol. The van der Waals surface area contributed by atoms with Crippen LogP contribution < -0.4 is 14.2 Å². The third-order valence-electron chi connectivity index (χ3n) is 5.19. The van der Waals surface area contributed by atoms with Crippen LogP contribution in [0.25, 0.3) is 0 Å². The van der Waals surface area contributed by atoms with Gasteiger partial charge in [-0.2, -0.15) is 0 Å². The molecule has 0 amide bonds. The van der Waals surface area contributed by atoms with Gasteiger partial charge in [0.2, 0.25) is 0 Å². The molecule has 0 aliphatic rings. The number of hydrogen-bond acceptors (Lipinski definition) is 4. The minimum Gasteiger partial charge on any atom is -0.504 e. The van der Waals surface area contributed by atoms with Crippen molar-refractivity contribution >= 4 is 0 Å². The molecule has 0 aliphatic heterocycles. The number of methoxy groups -OCH3 is 3. The van der Waals surface area contributed by atoms with E-state index in [9.17, 15) is 5.11 Å². The average Bonchev–Trinajstić information content (AvgIpc) is 2.63. The Hall–Kier alpha value is -2.36. The van der Waals surface area contributed by atoms with E-state index < -0.39 is 0 Å². The summed E-state index contributed by atoms with van der Waals surface area (Å²) in [6.45, 7) is 8.34. The maximum Gasteiger partial charge on any atom is 0.163 e. The van der Waals surface area contributed by atoms with Gasteiger partial charge in [-0.25, -0.2) is 0 Å². The van der Waals surface area contributed by atoms with Crippen molar-refractivity contribution in [1.29, 1.82) is 0 Å². The molecule has 0 bridgehead atoms. The lowest BCUT2D eigenvalue weighted by molar-refractivity contribution is 0.351. The number of aromatic hydroxyl groups is 1. The first-order valence-electron chi connectivity index (χ1n) is 8.97. The van der Waals surface area contributed by atoms with Crippen molar-refractivity contribution in [2.75, 3.05) is 21.3 Å². The predicted octanol–water partition coefficient (Wildman–Crippen LogP) is 5.33. The lowest BCUT2D eigenvalue weighted by atomic mass is 9.80. The third kappa shape index (κ3) is 3.74. The lowest BCUT2D eigenvalue weighted by Crippen LogP contribution is -2.09. The number of benzene rings is 2. The van der Waals surface area contributed by atoms with Crippen LogP contribution in [0.3, 0.4) is 0 Å². The molecule has 0 spiro atoms. The Morgan fingerprint density at radius 2 is 1.42 bits per heavy atom. The van der Waals surface area contributed by atoms with E-state index in [2.05, 4.69) is 26.0 Å². The molecule has 4 nitrogen and oxygen atoms in total. The van der Waals surface area contributed by atoms with E-state index in [-0.39, 0.29) is 11.7 Å². The van der Waals surface area contributed by atoms with Gasteiger partial charge >= 0.3 is 0 Å². The molecule has 26 heavy (non-hydrogen) atoms. The van der Waals surface area contributed by atoms with Crippen LogP contribution in [0.1, 0.15) is 54.4 Å². The van der Waals surface area contributed by atoms with E-state index in [1.54, 1.807) is 21.3 Å². The second-order valence-corrected chi connectivity index (χ2v) is 6.77. The molecule has 1 N–H and O–H groups in total. The van der Waals surface area contributed by atoms with Crippen molar-refractivity contribution in [2.24, 2.45) is 0 Å². The normalized spacial score (nSPS) is 13.2. The molecule has 0 heterocycles. The molecule has 0 saturated heterocycles. The summed E-state index contributed by atoms with van der Waals surface area (Å²) in [5.74, 6) is 2.82. The Bertz CT molecular complexity index is 767. The molecule has 0 saturated carbocycles.